The second-order valence-electron chi connectivity index (χ2n) is 6.11. The Balaban J connectivity index is 0.00000162. The average Bonchev–Trinajstić information content (AvgIpc) is 2.38. The maximum Gasteiger partial charge on any atom is 0.223 e. The molecular formula is C14H27ClN2O. The monoisotopic (exact) mass is 274 g/mol. The number of rotatable bonds is 3. The molecule has 2 fully saturated rings. The van der Waals surface area contributed by atoms with Crippen molar-refractivity contribution in [3.05, 3.63) is 0 Å². The van der Waals surface area contributed by atoms with Crippen molar-refractivity contribution in [3.8, 4) is 0 Å². The summed E-state index contributed by atoms with van der Waals surface area (Å²) < 4.78 is 0. The standard InChI is InChI=1S/C14H26N2O.ClH/c1-14(7-9-15-10-8-14)11-16-13(17)12-5-3-2-4-6-12;/h12,15H,2-11H2,1H3,(H,16,17);1H. The van der Waals surface area contributed by atoms with Crippen molar-refractivity contribution in [3.63, 3.8) is 0 Å². The molecule has 1 saturated carbocycles. The van der Waals surface area contributed by atoms with Crippen LogP contribution in [-0.4, -0.2) is 25.5 Å². The van der Waals surface area contributed by atoms with E-state index >= 15 is 0 Å². The molecule has 1 aliphatic carbocycles. The van der Waals surface area contributed by atoms with Gasteiger partial charge in [0.25, 0.3) is 0 Å². The molecule has 2 N–H and O–H groups in total. The van der Waals surface area contributed by atoms with Crippen LogP contribution in [0.3, 0.4) is 0 Å². The first-order valence-corrected chi connectivity index (χ1v) is 7.18. The number of hydrogen-bond donors (Lipinski definition) is 2. The lowest BCUT2D eigenvalue weighted by molar-refractivity contribution is -0.126. The maximum atomic E-state index is 12.1. The Morgan fingerprint density at radius 3 is 2.44 bits per heavy atom. The van der Waals surface area contributed by atoms with Gasteiger partial charge in [-0.25, -0.2) is 0 Å². The van der Waals surface area contributed by atoms with Crippen LogP contribution in [0.5, 0.6) is 0 Å². The van der Waals surface area contributed by atoms with E-state index in [9.17, 15) is 4.79 Å². The third-order valence-electron chi connectivity index (χ3n) is 4.48. The lowest BCUT2D eigenvalue weighted by Gasteiger charge is -2.34. The molecule has 0 radical (unpaired) electrons. The number of amides is 1. The Morgan fingerprint density at radius 1 is 1.22 bits per heavy atom. The molecule has 0 spiro atoms. The number of carbonyl (C=O) groups is 1. The van der Waals surface area contributed by atoms with Crippen molar-refractivity contribution < 1.29 is 4.79 Å². The third kappa shape index (κ3) is 4.43. The van der Waals surface area contributed by atoms with Gasteiger partial charge in [-0.1, -0.05) is 26.2 Å². The van der Waals surface area contributed by atoms with Crippen LogP contribution < -0.4 is 10.6 Å². The lowest BCUT2D eigenvalue weighted by atomic mass is 9.80. The van der Waals surface area contributed by atoms with Gasteiger partial charge in [0, 0.05) is 12.5 Å². The predicted molar refractivity (Wildman–Crippen MR) is 77.0 cm³/mol. The molecule has 4 heteroatoms. The molecule has 1 saturated heterocycles. The fourth-order valence-electron chi connectivity index (χ4n) is 3.02. The molecule has 1 heterocycles. The smallest absolute Gasteiger partial charge is 0.223 e. The summed E-state index contributed by atoms with van der Waals surface area (Å²) in [4.78, 5) is 12.1. The summed E-state index contributed by atoms with van der Waals surface area (Å²) >= 11 is 0. The van der Waals surface area contributed by atoms with E-state index in [0.717, 1.165) is 32.5 Å². The van der Waals surface area contributed by atoms with Gasteiger partial charge in [-0.3, -0.25) is 4.79 Å². The first kappa shape index (κ1) is 15.8. The molecule has 0 unspecified atom stereocenters. The zero-order valence-electron chi connectivity index (χ0n) is 11.5. The molecule has 0 aromatic carbocycles. The highest BCUT2D eigenvalue weighted by molar-refractivity contribution is 5.85. The van der Waals surface area contributed by atoms with Crippen LogP contribution in [0.4, 0.5) is 0 Å². The molecule has 1 aliphatic heterocycles. The normalized spacial score (nSPS) is 24.1. The van der Waals surface area contributed by atoms with Crippen molar-refractivity contribution in [2.24, 2.45) is 11.3 Å². The highest BCUT2D eigenvalue weighted by Crippen LogP contribution is 2.28. The average molecular weight is 275 g/mol. The summed E-state index contributed by atoms with van der Waals surface area (Å²) in [5.74, 6) is 0.610. The molecule has 0 bridgehead atoms. The summed E-state index contributed by atoms with van der Waals surface area (Å²) in [7, 11) is 0. The van der Waals surface area contributed by atoms with E-state index in [-0.39, 0.29) is 12.4 Å². The summed E-state index contributed by atoms with van der Waals surface area (Å²) in [5, 5.41) is 6.57. The van der Waals surface area contributed by atoms with Crippen molar-refractivity contribution in [2.45, 2.75) is 51.9 Å². The molecule has 3 nitrogen and oxygen atoms in total. The molecule has 2 aliphatic rings. The second-order valence-corrected chi connectivity index (χ2v) is 6.11. The maximum absolute atomic E-state index is 12.1. The zero-order chi connectivity index (χ0) is 12.1. The quantitative estimate of drug-likeness (QED) is 0.830. The van der Waals surface area contributed by atoms with Gasteiger partial charge in [-0.2, -0.15) is 0 Å². The summed E-state index contributed by atoms with van der Waals surface area (Å²) in [5.41, 5.74) is 0.315. The van der Waals surface area contributed by atoms with E-state index in [4.69, 9.17) is 0 Å². The largest absolute Gasteiger partial charge is 0.355 e. The first-order chi connectivity index (χ1) is 8.20. The van der Waals surface area contributed by atoms with Gasteiger partial charge in [0.2, 0.25) is 5.91 Å². The Morgan fingerprint density at radius 2 is 1.83 bits per heavy atom. The zero-order valence-corrected chi connectivity index (χ0v) is 12.3. The van der Waals surface area contributed by atoms with Crippen molar-refractivity contribution in [1.82, 2.24) is 10.6 Å². The second kappa shape index (κ2) is 7.34. The lowest BCUT2D eigenvalue weighted by Crippen LogP contribution is -2.44. The number of halogens is 1. The summed E-state index contributed by atoms with van der Waals surface area (Å²) in [6.45, 7) is 5.35. The van der Waals surface area contributed by atoms with Gasteiger partial charge < -0.3 is 10.6 Å². The van der Waals surface area contributed by atoms with E-state index in [1.807, 2.05) is 0 Å². The van der Waals surface area contributed by atoms with E-state index in [1.165, 1.54) is 32.1 Å². The van der Waals surface area contributed by atoms with E-state index in [2.05, 4.69) is 17.6 Å². The molecular weight excluding hydrogens is 248 g/mol. The number of nitrogens with one attached hydrogen (secondary N) is 2. The summed E-state index contributed by atoms with van der Waals surface area (Å²) in [6, 6.07) is 0. The highest BCUT2D eigenvalue weighted by Gasteiger charge is 2.28. The Kier molecular flexibility index (Phi) is 6.44. The van der Waals surface area contributed by atoms with Crippen molar-refractivity contribution >= 4 is 18.3 Å². The minimum Gasteiger partial charge on any atom is -0.355 e. The summed E-state index contributed by atoms with van der Waals surface area (Å²) in [6.07, 6.45) is 8.34. The minimum atomic E-state index is 0. The fraction of sp³-hybridized carbons (Fsp3) is 0.929. The molecule has 0 aromatic heterocycles. The molecule has 0 atom stereocenters. The van der Waals surface area contributed by atoms with E-state index < -0.39 is 0 Å². The van der Waals surface area contributed by atoms with Gasteiger partial charge >= 0.3 is 0 Å². The van der Waals surface area contributed by atoms with Crippen LogP contribution in [0, 0.1) is 11.3 Å². The van der Waals surface area contributed by atoms with Crippen molar-refractivity contribution in [2.75, 3.05) is 19.6 Å². The number of carbonyl (C=O) groups excluding carboxylic acids is 1. The van der Waals surface area contributed by atoms with Crippen LogP contribution in [-0.2, 0) is 4.79 Å². The Labute approximate surface area is 117 Å². The van der Waals surface area contributed by atoms with Crippen LogP contribution in [0.1, 0.15) is 51.9 Å². The van der Waals surface area contributed by atoms with Crippen LogP contribution in [0.15, 0.2) is 0 Å². The SMILES string of the molecule is CC1(CNC(=O)C2CCCCC2)CCNCC1.Cl. The molecule has 106 valence electrons. The third-order valence-corrected chi connectivity index (χ3v) is 4.48. The van der Waals surface area contributed by atoms with Crippen LogP contribution in [0.25, 0.3) is 0 Å². The van der Waals surface area contributed by atoms with Crippen LogP contribution >= 0.6 is 12.4 Å². The Hall–Kier alpha value is -0.280. The van der Waals surface area contributed by atoms with E-state index in [1.54, 1.807) is 0 Å². The fourth-order valence-corrected chi connectivity index (χ4v) is 3.02. The molecule has 1 amide bonds. The van der Waals surface area contributed by atoms with Crippen LogP contribution in [0.2, 0.25) is 0 Å². The van der Waals surface area contributed by atoms with Gasteiger partial charge in [-0.05, 0) is 44.2 Å². The number of piperidine rings is 1. The molecule has 18 heavy (non-hydrogen) atoms. The minimum absolute atomic E-state index is 0. The van der Waals surface area contributed by atoms with Crippen molar-refractivity contribution in [1.29, 1.82) is 0 Å². The van der Waals surface area contributed by atoms with E-state index in [0.29, 0.717) is 17.2 Å². The number of hydrogen-bond acceptors (Lipinski definition) is 2. The first-order valence-electron chi connectivity index (χ1n) is 7.18. The van der Waals surface area contributed by atoms with Gasteiger partial charge in [0.15, 0.2) is 0 Å². The Bertz CT molecular complexity index is 259. The topological polar surface area (TPSA) is 41.1 Å². The van der Waals surface area contributed by atoms with Gasteiger partial charge in [0.05, 0.1) is 0 Å². The van der Waals surface area contributed by atoms with Gasteiger partial charge in [-0.15, -0.1) is 12.4 Å². The molecule has 2 rings (SSSR count). The predicted octanol–water partition coefficient (Wildman–Crippen LogP) is 2.49. The van der Waals surface area contributed by atoms with Gasteiger partial charge in [0.1, 0.15) is 0 Å². The highest BCUT2D eigenvalue weighted by atomic mass is 35.5. The molecule has 0 aromatic rings.